The van der Waals surface area contributed by atoms with E-state index in [0.717, 1.165) is 11.3 Å². The van der Waals surface area contributed by atoms with Gasteiger partial charge in [-0.05, 0) is 74.4 Å². The number of amides is 1. The lowest BCUT2D eigenvalue weighted by Gasteiger charge is -2.25. The zero-order chi connectivity index (χ0) is 26.1. The van der Waals surface area contributed by atoms with Crippen molar-refractivity contribution in [1.29, 1.82) is 0 Å². The summed E-state index contributed by atoms with van der Waals surface area (Å²) in [6.07, 6.45) is 2.24. The Hall–Kier alpha value is -4.20. The zero-order valence-corrected chi connectivity index (χ0v) is 21.0. The van der Waals surface area contributed by atoms with Gasteiger partial charge >= 0.3 is 0 Å². The minimum absolute atomic E-state index is 0.00933. The monoisotopic (exact) mass is 503 g/mol. The number of hydrogen-bond acceptors (Lipinski definition) is 7. The average Bonchev–Trinajstić information content (AvgIpc) is 3.59. The van der Waals surface area contributed by atoms with E-state index in [-0.39, 0.29) is 24.0 Å². The Balaban J connectivity index is 1.64. The van der Waals surface area contributed by atoms with Crippen LogP contribution in [0.15, 0.2) is 64.8 Å². The van der Waals surface area contributed by atoms with E-state index in [1.54, 1.807) is 42.5 Å². The number of aliphatic hydroxyl groups is 1. The summed E-state index contributed by atoms with van der Waals surface area (Å²) in [6.45, 7) is 6.64. The number of fused-ring (bicyclic) bond motifs is 1. The van der Waals surface area contributed by atoms with Crippen molar-refractivity contribution in [1.82, 2.24) is 4.90 Å². The van der Waals surface area contributed by atoms with Crippen LogP contribution in [0.5, 0.6) is 17.2 Å². The fourth-order valence-electron chi connectivity index (χ4n) is 4.92. The molecule has 192 valence electrons. The minimum atomic E-state index is -0.858. The second-order valence-corrected chi connectivity index (χ2v) is 9.03. The van der Waals surface area contributed by atoms with E-state index >= 15 is 0 Å². The highest BCUT2D eigenvalue weighted by Gasteiger charge is 2.46. The standard InChI is InChI=1S/C29H29NO7/c1-4-34-23-11-8-18(15-24(23)35-5-2)26-25(28(32)29(33)30(26)16-21-7-6-12-36-21)27(31)19-9-10-22-20(14-19)13-17(3)37-22/h6-12,14-15,17,26,31H,4-5,13,16H2,1-3H3/t17-,26+/m1/s1. The number of carbonyl (C=O) groups excluding carboxylic acids is 2. The maximum atomic E-state index is 13.4. The number of furan rings is 1. The summed E-state index contributed by atoms with van der Waals surface area (Å²) in [5.41, 5.74) is 2.01. The van der Waals surface area contributed by atoms with Gasteiger partial charge < -0.3 is 28.6 Å². The van der Waals surface area contributed by atoms with Crippen LogP contribution in [0.25, 0.3) is 5.76 Å². The van der Waals surface area contributed by atoms with E-state index in [4.69, 9.17) is 18.6 Å². The minimum Gasteiger partial charge on any atom is -0.507 e. The van der Waals surface area contributed by atoms with Gasteiger partial charge in [0.15, 0.2) is 11.5 Å². The van der Waals surface area contributed by atoms with Crippen molar-refractivity contribution in [2.24, 2.45) is 0 Å². The van der Waals surface area contributed by atoms with Crippen LogP contribution in [0.4, 0.5) is 0 Å². The van der Waals surface area contributed by atoms with E-state index in [1.807, 2.05) is 26.8 Å². The summed E-state index contributed by atoms with van der Waals surface area (Å²) in [5.74, 6) is 0.620. The average molecular weight is 504 g/mol. The van der Waals surface area contributed by atoms with E-state index in [0.29, 0.717) is 48.0 Å². The van der Waals surface area contributed by atoms with E-state index < -0.39 is 17.7 Å². The first-order valence-electron chi connectivity index (χ1n) is 12.4. The van der Waals surface area contributed by atoms with Crippen molar-refractivity contribution in [3.63, 3.8) is 0 Å². The molecular formula is C29H29NO7. The maximum Gasteiger partial charge on any atom is 0.296 e. The van der Waals surface area contributed by atoms with Crippen molar-refractivity contribution >= 4 is 17.4 Å². The number of ether oxygens (including phenoxy) is 3. The van der Waals surface area contributed by atoms with Crippen molar-refractivity contribution in [2.45, 2.75) is 45.9 Å². The maximum absolute atomic E-state index is 13.4. The Bertz CT molecular complexity index is 1360. The van der Waals surface area contributed by atoms with Gasteiger partial charge in [-0.3, -0.25) is 9.59 Å². The van der Waals surface area contributed by atoms with Crippen LogP contribution < -0.4 is 14.2 Å². The number of likely N-dealkylation sites (tertiary alicyclic amines) is 1. The molecule has 1 saturated heterocycles. The number of benzene rings is 2. The molecule has 0 aliphatic carbocycles. The van der Waals surface area contributed by atoms with Crippen LogP contribution in [0.2, 0.25) is 0 Å². The molecule has 3 heterocycles. The fourth-order valence-corrected chi connectivity index (χ4v) is 4.92. The molecular weight excluding hydrogens is 474 g/mol. The number of Topliss-reactive ketones (excluding diaryl/α,β-unsaturated/α-hetero) is 1. The fraction of sp³-hybridized carbons (Fsp3) is 0.310. The first-order chi connectivity index (χ1) is 17.9. The summed E-state index contributed by atoms with van der Waals surface area (Å²) in [6, 6.07) is 13.2. The molecule has 2 atom stereocenters. The van der Waals surface area contributed by atoms with E-state index in [9.17, 15) is 14.7 Å². The number of aliphatic hydroxyl groups excluding tert-OH is 1. The number of ketones is 1. The molecule has 8 nitrogen and oxygen atoms in total. The lowest BCUT2D eigenvalue weighted by atomic mass is 9.94. The lowest BCUT2D eigenvalue weighted by molar-refractivity contribution is -0.140. The molecule has 8 heteroatoms. The zero-order valence-electron chi connectivity index (χ0n) is 21.0. The topological polar surface area (TPSA) is 98.4 Å². The molecule has 1 aromatic heterocycles. The molecule has 1 amide bonds. The van der Waals surface area contributed by atoms with Gasteiger partial charge in [0.25, 0.3) is 11.7 Å². The number of hydrogen-bond donors (Lipinski definition) is 1. The first-order valence-corrected chi connectivity index (χ1v) is 12.4. The summed E-state index contributed by atoms with van der Waals surface area (Å²) in [7, 11) is 0. The molecule has 0 bridgehead atoms. The largest absolute Gasteiger partial charge is 0.507 e. The SMILES string of the molecule is CCOc1ccc([C@H]2C(=C(O)c3ccc4c(c3)C[C@@H](C)O4)C(=O)C(=O)N2Cc2ccco2)cc1OCC. The predicted octanol–water partition coefficient (Wildman–Crippen LogP) is 5.02. The van der Waals surface area contributed by atoms with Crippen LogP contribution in [-0.4, -0.2) is 41.0 Å². The Kier molecular flexibility index (Phi) is 6.65. The molecule has 2 aliphatic rings. The van der Waals surface area contributed by atoms with E-state index in [1.165, 1.54) is 11.2 Å². The Morgan fingerprint density at radius 3 is 2.57 bits per heavy atom. The number of nitrogens with zero attached hydrogens (tertiary/aromatic N) is 1. The van der Waals surface area contributed by atoms with Gasteiger partial charge in [0.1, 0.15) is 23.4 Å². The molecule has 0 spiro atoms. The Morgan fingerprint density at radius 1 is 1.05 bits per heavy atom. The number of rotatable bonds is 8. The first kappa shape index (κ1) is 24.5. The van der Waals surface area contributed by atoms with Crippen LogP contribution in [-0.2, 0) is 22.6 Å². The smallest absolute Gasteiger partial charge is 0.296 e. The van der Waals surface area contributed by atoms with Gasteiger partial charge in [0, 0.05) is 12.0 Å². The van der Waals surface area contributed by atoms with Gasteiger partial charge in [-0.2, -0.15) is 0 Å². The summed E-state index contributed by atoms with van der Waals surface area (Å²) < 4.78 is 22.7. The highest BCUT2D eigenvalue weighted by molar-refractivity contribution is 6.46. The second-order valence-electron chi connectivity index (χ2n) is 9.03. The molecule has 0 saturated carbocycles. The van der Waals surface area contributed by atoms with Crippen LogP contribution in [0.3, 0.4) is 0 Å². The molecule has 2 aromatic carbocycles. The van der Waals surface area contributed by atoms with Gasteiger partial charge in [-0.1, -0.05) is 6.07 Å². The highest BCUT2D eigenvalue weighted by atomic mass is 16.5. The third-order valence-electron chi connectivity index (χ3n) is 6.50. The Labute approximate surface area is 215 Å². The van der Waals surface area contributed by atoms with E-state index in [2.05, 4.69) is 0 Å². The molecule has 5 rings (SSSR count). The predicted molar refractivity (Wildman–Crippen MR) is 136 cm³/mol. The third kappa shape index (κ3) is 4.55. The van der Waals surface area contributed by atoms with Crippen molar-refractivity contribution in [3.8, 4) is 17.2 Å². The normalized spacial score (nSPS) is 20.1. The second kappa shape index (κ2) is 10.0. The lowest BCUT2D eigenvalue weighted by Crippen LogP contribution is -2.29. The highest BCUT2D eigenvalue weighted by Crippen LogP contribution is 2.43. The quantitative estimate of drug-likeness (QED) is 0.262. The van der Waals surface area contributed by atoms with Gasteiger partial charge in [0.2, 0.25) is 0 Å². The van der Waals surface area contributed by atoms with Crippen molar-refractivity contribution in [2.75, 3.05) is 13.2 Å². The van der Waals surface area contributed by atoms with Gasteiger partial charge in [0.05, 0.1) is 37.6 Å². The summed E-state index contributed by atoms with van der Waals surface area (Å²) in [4.78, 5) is 28.1. The van der Waals surface area contributed by atoms with Crippen LogP contribution >= 0.6 is 0 Å². The summed E-state index contributed by atoms with van der Waals surface area (Å²) in [5, 5.41) is 11.5. The molecule has 1 fully saturated rings. The Morgan fingerprint density at radius 2 is 1.84 bits per heavy atom. The summed E-state index contributed by atoms with van der Waals surface area (Å²) >= 11 is 0. The van der Waals surface area contributed by atoms with Crippen molar-refractivity contribution in [3.05, 3.63) is 82.8 Å². The van der Waals surface area contributed by atoms with Crippen molar-refractivity contribution < 1.29 is 33.3 Å². The molecule has 37 heavy (non-hydrogen) atoms. The van der Waals surface area contributed by atoms with Gasteiger partial charge in [-0.15, -0.1) is 0 Å². The molecule has 0 radical (unpaired) electrons. The van der Waals surface area contributed by atoms with Crippen LogP contribution in [0.1, 0.15) is 49.3 Å². The molecule has 1 N–H and O–H groups in total. The van der Waals surface area contributed by atoms with Gasteiger partial charge in [-0.25, -0.2) is 0 Å². The van der Waals surface area contributed by atoms with Crippen LogP contribution in [0, 0.1) is 0 Å². The number of carbonyl (C=O) groups is 2. The molecule has 3 aromatic rings. The molecule has 0 unspecified atom stereocenters. The third-order valence-corrected chi connectivity index (χ3v) is 6.50. The molecule has 2 aliphatic heterocycles.